The SMILES string of the molecule is CC(C)(C)[C@H](N)C(=O)N1CCN(S(=O)(=O)c2ccccc2)CC1.Cl. The molecule has 1 aromatic rings. The van der Waals surface area contributed by atoms with Crippen LogP contribution in [0.5, 0.6) is 0 Å². The molecule has 24 heavy (non-hydrogen) atoms. The number of nitrogens with zero attached hydrogens (tertiary/aromatic N) is 2. The van der Waals surface area contributed by atoms with Crippen molar-refractivity contribution in [3.05, 3.63) is 30.3 Å². The Hall–Kier alpha value is -1.15. The molecule has 1 saturated heterocycles. The molecular weight excluding hydrogens is 350 g/mol. The molecule has 0 bridgehead atoms. The van der Waals surface area contributed by atoms with Crippen LogP contribution in [0.3, 0.4) is 0 Å². The van der Waals surface area contributed by atoms with Crippen LogP contribution in [0.15, 0.2) is 35.2 Å². The molecule has 0 aromatic heterocycles. The topological polar surface area (TPSA) is 83.7 Å². The Morgan fingerprint density at radius 1 is 1.08 bits per heavy atom. The molecular formula is C16H26ClN3O3S. The summed E-state index contributed by atoms with van der Waals surface area (Å²) in [5.74, 6) is -0.116. The second kappa shape index (κ2) is 7.82. The largest absolute Gasteiger partial charge is 0.339 e. The molecule has 1 amide bonds. The molecule has 1 aliphatic rings. The number of sulfonamides is 1. The number of hydrogen-bond donors (Lipinski definition) is 1. The zero-order chi connectivity index (χ0) is 17.3. The van der Waals surface area contributed by atoms with Gasteiger partial charge >= 0.3 is 0 Å². The minimum absolute atomic E-state index is 0. The standard InChI is InChI=1S/C16H25N3O3S.ClH/c1-16(2,3)14(17)15(20)18-9-11-19(12-10-18)23(21,22)13-7-5-4-6-8-13;/h4-8,14H,9-12,17H2,1-3H3;1H/t14-;/m1./s1. The van der Waals surface area contributed by atoms with Gasteiger partial charge in [-0.15, -0.1) is 12.4 Å². The fourth-order valence-electron chi connectivity index (χ4n) is 2.46. The molecule has 2 rings (SSSR count). The number of rotatable bonds is 3. The maximum Gasteiger partial charge on any atom is 0.243 e. The third-order valence-corrected chi connectivity index (χ3v) is 6.04. The van der Waals surface area contributed by atoms with Crippen molar-refractivity contribution in [2.24, 2.45) is 11.1 Å². The zero-order valence-corrected chi connectivity index (χ0v) is 15.9. The summed E-state index contributed by atoms with van der Waals surface area (Å²) < 4.78 is 26.5. The van der Waals surface area contributed by atoms with Crippen molar-refractivity contribution < 1.29 is 13.2 Å². The lowest BCUT2D eigenvalue weighted by Gasteiger charge is -2.37. The van der Waals surface area contributed by atoms with Gasteiger partial charge in [0.15, 0.2) is 0 Å². The van der Waals surface area contributed by atoms with Crippen molar-refractivity contribution in [2.45, 2.75) is 31.7 Å². The van der Waals surface area contributed by atoms with E-state index in [4.69, 9.17) is 5.73 Å². The van der Waals surface area contributed by atoms with Crippen LogP contribution in [0.25, 0.3) is 0 Å². The van der Waals surface area contributed by atoms with Crippen molar-refractivity contribution in [3.8, 4) is 0 Å². The second-order valence-corrected chi connectivity index (χ2v) is 8.82. The Morgan fingerprint density at radius 3 is 2.04 bits per heavy atom. The van der Waals surface area contributed by atoms with Crippen LogP contribution in [-0.2, 0) is 14.8 Å². The quantitative estimate of drug-likeness (QED) is 0.863. The van der Waals surface area contributed by atoms with Gasteiger partial charge in [0.05, 0.1) is 10.9 Å². The van der Waals surface area contributed by atoms with Gasteiger partial charge in [0.25, 0.3) is 0 Å². The smallest absolute Gasteiger partial charge is 0.243 e. The van der Waals surface area contributed by atoms with E-state index in [9.17, 15) is 13.2 Å². The van der Waals surface area contributed by atoms with Crippen molar-refractivity contribution in [1.82, 2.24) is 9.21 Å². The molecule has 1 aliphatic heterocycles. The molecule has 0 aliphatic carbocycles. The minimum Gasteiger partial charge on any atom is -0.339 e. The Bertz CT molecular complexity index is 651. The summed E-state index contributed by atoms with van der Waals surface area (Å²) >= 11 is 0. The molecule has 6 nitrogen and oxygen atoms in total. The highest BCUT2D eigenvalue weighted by Gasteiger charge is 2.35. The molecule has 0 spiro atoms. The fraction of sp³-hybridized carbons (Fsp3) is 0.562. The van der Waals surface area contributed by atoms with Gasteiger partial charge in [-0.05, 0) is 17.5 Å². The molecule has 1 fully saturated rings. The lowest BCUT2D eigenvalue weighted by Crippen LogP contribution is -2.56. The number of piperazine rings is 1. The fourth-order valence-corrected chi connectivity index (χ4v) is 3.90. The van der Waals surface area contributed by atoms with Gasteiger partial charge < -0.3 is 10.6 Å². The summed E-state index contributed by atoms with van der Waals surface area (Å²) in [7, 11) is -3.50. The zero-order valence-electron chi connectivity index (χ0n) is 14.3. The average molecular weight is 376 g/mol. The number of halogens is 1. The van der Waals surface area contributed by atoms with Crippen molar-refractivity contribution in [1.29, 1.82) is 0 Å². The first-order chi connectivity index (χ1) is 10.6. The van der Waals surface area contributed by atoms with E-state index in [1.807, 2.05) is 20.8 Å². The molecule has 0 radical (unpaired) electrons. The monoisotopic (exact) mass is 375 g/mol. The van der Waals surface area contributed by atoms with Gasteiger partial charge in [0.2, 0.25) is 15.9 Å². The van der Waals surface area contributed by atoms with Gasteiger partial charge in [0, 0.05) is 26.2 Å². The number of hydrogen-bond acceptors (Lipinski definition) is 4. The van der Waals surface area contributed by atoms with Crippen molar-refractivity contribution >= 4 is 28.3 Å². The summed E-state index contributed by atoms with van der Waals surface area (Å²) in [5.41, 5.74) is 5.70. The van der Waals surface area contributed by atoms with Gasteiger partial charge in [-0.25, -0.2) is 8.42 Å². The highest BCUT2D eigenvalue weighted by molar-refractivity contribution is 7.89. The predicted octanol–water partition coefficient (Wildman–Crippen LogP) is 1.31. The Balaban J connectivity index is 0.00000288. The van der Waals surface area contributed by atoms with E-state index in [2.05, 4.69) is 0 Å². The van der Waals surface area contributed by atoms with E-state index < -0.39 is 16.1 Å². The summed E-state index contributed by atoms with van der Waals surface area (Å²) in [6, 6.07) is 7.78. The second-order valence-electron chi connectivity index (χ2n) is 6.89. The van der Waals surface area contributed by atoms with Crippen molar-refractivity contribution in [3.63, 3.8) is 0 Å². The Morgan fingerprint density at radius 2 is 1.58 bits per heavy atom. The number of carbonyl (C=O) groups excluding carboxylic acids is 1. The first-order valence-electron chi connectivity index (χ1n) is 7.73. The van der Waals surface area contributed by atoms with E-state index in [0.717, 1.165) is 0 Å². The van der Waals surface area contributed by atoms with Gasteiger partial charge in [-0.1, -0.05) is 39.0 Å². The first-order valence-corrected chi connectivity index (χ1v) is 9.17. The van der Waals surface area contributed by atoms with E-state index in [1.54, 1.807) is 35.2 Å². The summed E-state index contributed by atoms with van der Waals surface area (Å²) in [4.78, 5) is 14.3. The molecule has 1 aromatic carbocycles. The van der Waals surface area contributed by atoms with Crippen LogP contribution < -0.4 is 5.73 Å². The lowest BCUT2D eigenvalue weighted by molar-refractivity contribution is -0.136. The maximum atomic E-state index is 12.6. The van der Waals surface area contributed by atoms with E-state index in [1.165, 1.54) is 4.31 Å². The third kappa shape index (κ3) is 4.47. The highest BCUT2D eigenvalue weighted by Crippen LogP contribution is 2.21. The van der Waals surface area contributed by atoms with Crippen LogP contribution >= 0.6 is 12.4 Å². The van der Waals surface area contributed by atoms with E-state index in [-0.39, 0.29) is 28.6 Å². The van der Waals surface area contributed by atoms with Crippen molar-refractivity contribution in [2.75, 3.05) is 26.2 Å². The molecule has 8 heteroatoms. The highest BCUT2D eigenvalue weighted by atomic mass is 35.5. The van der Waals surface area contributed by atoms with Gasteiger partial charge in [-0.2, -0.15) is 4.31 Å². The number of nitrogens with two attached hydrogens (primary N) is 1. The molecule has 2 N–H and O–H groups in total. The number of amides is 1. The number of benzene rings is 1. The molecule has 0 unspecified atom stereocenters. The van der Waals surface area contributed by atoms with Crippen LogP contribution in [0.2, 0.25) is 0 Å². The van der Waals surface area contributed by atoms with Crippen LogP contribution in [0.1, 0.15) is 20.8 Å². The molecule has 136 valence electrons. The summed E-state index contributed by atoms with van der Waals surface area (Å²) in [5, 5.41) is 0. The van der Waals surface area contributed by atoms with Gasteiger partial charge in [0.1, 0.15) is 0 Å². The Kier molecular flexibility index (Phi) is 6.81. The van der Waals surface area contributed by atoms with Crippen LogP contribution in [-0.4, -0.2) is 55.8 Å². The minimum atomic E-state index is -3.50. The van der Waals surface area contributed by atoms with Crippen LogP contribution in [0.4, 0.5) is 0 Å². The van der Waals surface area contributed by atoms with E-state index in [0.29, 0.717) is 26.2 Å². The molecule has 0 saturated carbocycles. The maximum absolute atomic E-state index is 12.6. The summed E-state index contributed by atoms with van der Waals surface area (Å²) in [6.07, 6.45) is 0. The molecule has 1 heterocycles. The number of carbonyl (C=O) groups is 1. The summed E-state index contributed by atoms with van der Waals surface area (Å²) in [6.45, 7) is 7.09. The average Bonchev–Trinajstić information content (AvgIpc) is 2.53. The van der Waals surface area contributed by atoms with E-state index >= 15 is 0 Å². The first kappa shape index (κ1) is 20.9. The van der Waals surface area contributed by atoms with Gasteiger partial charge in [-0.3, -0.25) is 4.79 Å². The van der Waals surface area contributed by atoms with Crippen LogP contribution in [0, 0.1) is 5.41 Å². The predicted molar refractivity (Wildman–Crippen MR) is 96.5 cm³/mol. The molecule has 1 atom stereocenters. The Labute approximate surface area is 150 Å². The lowest BCUT2D eigenvalue weighted by atomic mass is 9.86. The normalized spacial score (nSPS) is 17.9. The third-order valence-electron chi connectivity index (χ3n) is 4.13.